The number of aliphatic hydroxyl groups excluding tert-OH is 1. The number of fused-ring (bicyclic) bond motifs is 1. The number of carbonyl (C=O) groups excluding carboxylic acids is 2. The number of thioether (sulfide) groups is 1. The minimum Gasteiger partial charge on any atom is -0.392 e. The van der Waals surface area contributed by atoms with Crippen LogP contribution < -0.4 is 10.6 Å². The standard InChI is InChI=1S/C22H25N3O3S/c26-17-8-9-25(12-17)13-19(16-4-2-1-3-5-16)24-21(27)11-15-6-7-20-18(10-15)23-22(28)14-29-20/h1-7,10,17,19,26H,8-9,11-14H2,(H,23,28)(H,24,27)/t17?,19-/m1/s1. The Kier molecular flexibility index (Phi) is 6.18. The van der Waals surface area contributed by atoms with Gasteiger partial charge in [0.2, 0.25) is 11.8 Å². The molecular weight excluding hydrogens is 386 g/mol. The van der Waals surface area contributed by atoms with Crippen LogP contribution in [0.15, 0.2) is 53.4 Å². The third-order valence-electron chi connectivity index (χ3n) is 5.27. The van der Waals surface area contributed by atoms with E-state index in [0.29, 0.717) is 18.8 Å². The topological polar surface area (TPSA) is 81.7 Å². The highest BCUT2D eigenvalue weighted by atomic mass is 32.2. The van der Waals surface area contributed by atoms with E-state index in [1.165, 1.54) is 11.8 Å². The molecule has 0 aliphatic carbocycles. The summed E-state index contributed by atoms with van der Waals surface area (Å²) in [5.41, 5.74) is 2.70. The fourth-order valence-electron chi connectivity index (χ4n) is 3.83. The second-order valence-electron chi connectivity index (χ2n) is 7.58. The average Bonchev–Trinajstić information content (AvgIpc) is 3.12. The second-order valence-corrected chi connectivity index (χ2v) is 8.59. The summed E-state index contributed by atoms with van der Waals surface area (Å²) in [5.74, 6) is 0.353. The van der Waals surface area contributed by atoms with Gasteiger partial charge in [0.25, 0.3) is 0 Å². The Labute approximate surface area is 174 Å². The Morgan fingerprint density at radius 1 is 1.28 bits per heavy atom. The lowest BCUT2D eigenvalue weighted by molar-refractivity contribution is -0.121. The van der Waals surface area contributed by atoms with Crippen molar-refractivity contribution in [2.24, 2.45) is 0 Å². The molecule has 152 valence electrons. The average molecular weight is 412 g/mol. The van der Waals surface area contributed by atoms with Crippen LogP contribution in [0.2, 0.25) is 0 Å². The number of hydrogen-bond acceptors (Lipinski definition) is 5. The number of likely N-dealkylation sites (tertiary alicyclic amines) is 1. The molecule has 0 aromatic heterocycles. The van der Waals surface area contributed by atoms with Crippen molar-refractivity contribution >= 4 is 29.3 Å². The van der Waals surface area contributed by atoms with Crippen molar-refractivity contribution in [3.8, 4) is 0 Å². The van der Waals surface area contributed by atoms with E-state index in [1.54, 1.807) is 0 Å². The minimum atomic E-state index is -0.286. The normalized spacial score (nSPS) is 20.0. The van der Waals surface area contributed by atoms with Gasteiger partial charge in [-0.1, -0.05) is 36.4 Å². The predicted octanol–water partition coefficient (Wildman–Crippen LogP) is 2.20. The van der Waals surface area contributed by atoms with Crippen molar-refractivity contribution in [1.29, 1.82) is 0 Å². The number of aliphatic hydroxyl groups is 1. The Balaban J connectivity index is 1.43. The van der Waals surface area contributed by atoms with Gasteiger partial charge in [-0.05, 0) is 29.7 Å². The maximum atomic E-state index is 12.8. The van der Waals surface area contributed by atoms with Gasteiger partial charge >= 0.3 is 0 Å². The first-order chi connectivity index (χ1) is 14.1. The number of anilines is 1. The Morgan fingerprint density at radius 3 is 2.86 bits per heavy atom. The number of nitrogens with zero attached hydrogens (tertiary/aromatic N) is 1. The number of carbonyl (C=O) groups is 2. The van der Waals surface area contributed by atoms with Gasteiger partial charge in [-0.15, -0.1) is 11.8 Å². The molecule has 2 aliphatic heterocycles. The highest BCUT2D eigenvalue weighted by Gasteiger charge is 2.25. The SMILES string of the molecule is O=C1CSc2ccc(CC(=O)N[C@H](CN3CCC(O)C3)c3ccccc3)cc2N1. The number of hydrogen-bond donors (Lipinski definition) is 3. The highest BCUT2D eigenvalue weighted by Crippen LogP contribution is 2.32. The summed E-state index contributed by atoms with van der Waals surface area (Å²) in [6, 6.07) is 15.6. The zero-order valence-corrected chi connectivity index (χ0v) is 17.0. The minimum absolute atomic E-state index is 0.0129. The quantitative estimate of drug-likeness (QED) is 0.679. The molecule has 4 rings (SSSR count). The van der Waals surface area contributed by atoms with Crippen LogP contribution in [0.25, 0.3) is 0 Å². The van der Waals surface area contributed by atoms with Gasteiger partial charge in [-0.2, -0.15) is 0 Å². The molecule has 1 fully saturated rings. The molecule has 7 heteroatoms. The predicted molar refractivity (Wildman–Crippen MR) is 114 cm³/mol. The van der Waals surface area contributed by atoms with E-state index in [1.807, 2.05) is 48.5 Å². The lowest BCUT2D eigenvalue weighted by Crippen LogP contribution is -2.38. The molecule has 2 aromatic carbocycles. The monoisotopic (exact) mass is 411 g/mol. The van der Waals surface area contributed by atoms with Crippen LogP contribution in [0, 0.1) is 0 Å². The molecule has 0 spiro atoms. The molecular formula is C22H25N3O3S. The second kappa shape index (κ2) is 8.98. The van der Waals surface area contributed by atoms with E-state index in [2.05, 4.69) is 15.5 Å². The lowest BCUT2D eigenvalue weighted by Gasteiger charge is -2.25. The largest absolute Gasteiger partial charge is 0.392 e. The third-order valence-corrected chi connectivity index (χ3v) is 6.34. The molecule has 0 radical (unpaired) electrons. The first kappa shape index (κ1) is 19.9. The van der Waals surface area contributed by atoms with Crippen molar-refractivity contribution < 1.29 is 14.7 Å². The Morgan fingerprint density at radius 2 is 2.10 bits per heavy atom. The van der Waals surface area contributed by atoms with Crippen molar-refractivity contribution in [2.45, 2.75) is 29.9 Å². The van der Waals surface area contributed by atoms with E-state index in [4.69, 9.17) is 0 Å². The molecule has 6 nitrogen and oxygen atoms in total. The van der Waals surface area contributed by atoms with Gasteiger partial charge in [0.05, 0.1) is 30.0 Å². The van der Waals surface area contributed by atoms with Gasteiger partial charge in [0.15, 0.2) is 0 Å². The van der Waals surface area contributed by atoms with Crippen molar-refractivity contribution in [3.63, 3.8) is 0 Å². The summed E-state index contributed by atoms with van der Waals surface area (Å²) in [6.45, 7) is 2.15. The van der Waals surface area contributed by atoms with E-state index in [9.17, 15) is 14.7 Å². The van der Waals surface area contributed by atoms with Gasteiger partial charge < -0.3 is 15.7 Å². The number of β-amino-alcohol motifs (C(OH)–C–C–N with tert-alkyl or cyclic N) is 1. The molecule has 2 aromatic rings. The summed E-state index contributed by atoms with van der Waals surface area (Å²) >= 11 is 1.51. The number of benzene rings is 2. The smallest absolute Gasteiger partial charge is 0.234 e. The fraction of sp³-hybridized carbons (Fsp3) is 0.364. The Hall–Kier alpha value is -2.35. The summed E-state index contributed by atoms with van der Waals surface area (Å²) in [4.78, 5) is 27.6. The molecule has 29 heavy (non-hydrogen) atoms. The van der Waals surface area contributed by atoms with Crippen molar-refractivity contribution in [2.75, 3.05) is 30.7 Å². The first-order valence-electron chi connectivity index (χ1n) is 9.87. The van der Waals surface area contributed by atoms with Crippen LogP contribution in [-0.2, 0) is 16.0 Å². The van der Waals surface area contributed by atoms with Crippen LogP contribution >= 0.6 is 11.8 Å². The van der Waals surface area contributed by atoms with Crippen LogP contribution in [-0.4, -0.2) is 53.3 Å². The molecule has 2 aliphatic rings. The Bertz CT molecular complexity index is 890. The van der Waals surface area contributed by atoms with E-state index in [0.717, 1.165) is 34.7 Å². The van der Waals surface area contributed by atoms with E-state index >= 15 is 0 Å². The zero-order chi connectivity index (χ0) is 20.2. The molecule has 0 saturated carbocycles. The fourth-order valence-corrected chi connectivity index (χ4v) is 4.62. The van der Waals surface area contributed by atoms with Gasteiger partial charge in [-0.25, -0.2) is 0 Å². The number of amides is 2. The number of nitrogens with one attached hydrogen (secondary N) is 2. The van der Waals surface area contributed by atoms with Crippen LogP contribution in [0.5, 0.6) is 0 Å². The van der Waals surface area contributed by atoms with Gasteiger partial charge in [0, 0.05) is 24.5 Å². The van der Waals surface area contributed by atoms with E-state index in [-0.39, 0.29) is 30.4 Å². The molecule has 3 N–H and O–H groups in total. The molecule has 2 atom stereocenters. The van der Waals surface area contributed by atoms with Crippen LogP contribution in [0.3, 0.4) is 0 Å². The molecule has 2 heterocycles. The van der Waals surface area contributed by atoms with E-state index < -0.39 is 0 Å². The maximum Gasteiger partial charge on any atom is 0.234 e. The molecule has 2 amide bonds. The van der Waals surface area contributed by atoms with Crippen LogP contribution in [0.4, 0.5) is 5.69 Å². The molecule has 1 saturated heterocycles. The maximum absolute atomic E-state index is 12.8. The summed E-state index contributed by atoms with van der Waals surface area (Å²) in [6.07, 6.45) is 0.736. The summed E-state index contributed by atoms with van der Waals surface area (Å²) < 4.78 is 0. The third kappa shape index (κ3) is 5.18. The van der Waals surface area contributed by atoms with Crippen LogP contribution in [0.1, 0.15) is 23.6 Å². The number of rotatable bonds is 6. The van der Waals surface area contributed by atoms with Crippen molar-refractivity contribution in [1.82, 2.24) is 10.2 Å². The summed E-state index contributed by atoms with van der Waals surface area (Å²) in [7, 11) is 0. The highest BCUT2D eigenvalue weighted by molar-refractivity contribution is 8.00. The van der Waals surface area contributed by atoms with Crippen molar-refractivity contribution in [3.05, 3.63) is 59.7 Å². The summed E-state index contributed by atoms with van der Waals surface area (Å²) in [5, 5.41) is 15.8. The zero-order valence-electron chi connectivity index (χ0n) is 16.1. The first-order valence-corrected chi connectivity index (χ1v) is 10.9. The lowest BCUT2D eigenvalue weighted by atomic mass is 10.1. The molecule has 1 unspecified atom stereocenters. The molecule has 0 bridgehead atoms. The van der Waals surface area contributed by atoms with Gasteiger partial charge in [0.1, 0.15) is 0 Å². The van der Waals surface area contributed by atoms with Gasteiger partial charge in [-0.3, -0.25) is 14.5 Å².